The van der Waals surface area contributed by atoms with E-state index in [1.807, 2.05) is 0 Å². The quantitative estimate of drug-likeness (QED) is 0.919. The Hall–Kier alpha value is -1.27. The summed E-state index contributed by atoms with van der Waals surface area (Å²) in [7, 11) is 0. The van der Waals surface area contributed by atoms with Crippen LogP contribution in [-0.2, 0) is 5.54 Å². The fourth-order valence-electron chi connectivity index (χ4n) is 2.45. The summed E-state index contributed by atoms with van der Waals surface area (Å²) in [4.78, 5) is 4.33. The highest BCUT2D eigenvalue weighted by atomic mass is 79.9. The highest BCUT2D eigenvalue weighted by molar-refractivity contribution is 9.10. The van der Waals surface area contributed by atoms with Gasteiger partial charge in [0.25, 0.3) is 5.89 Å². The van der Waals surface area contributed by atoms with E-state index in [0.717, 1.165) is 25.7 Å². The van der Waals surface area contributed by atoms with Gasteiger partial charge in [-0.3, -0.25) is 0 Å². The van der Waals surface area contributed by atoms with Gasteiger partial charge in [0, 0.05) is 10.0 Å². The Bertz CT molecular complexity index is 587. The third-order valence-corrected chi connectivity index (χ3v) is 3.93. The third kappa shape index (κ3) is 2.42. The zero-order valence-corrected chi connectivity index (χ0v) is 11.8. The number of nitrogens with zero attached hydrogens (tertiary/aromatic N) is 2. The van der Waals surface area contributed by atoms with Crippen molar-refractivity contribution < 1.29 is 8.91 Å². The number of nitrogens with two attached hydrogens (primary N) is 1. The summed E-state index contributed by atoms with van der Waals surface area (Å²) in [5.74, 6) is 0.458. The molecule has 6 heteroatoms. The van der Waals surface area contributed by atoms with Crippen LogP contribution >= 0.6 is 15.9 Å². The fourth-order valence-corrected chi connectivity index (χ4v) is 2.92. The molecule has 2 aromatic rings. The van der Waals surface area contributed by atoms with Gasteiger partial charge in [0.2, 0.25) is 0 Å². The maximum Gasteiger partial charge on any atom is 0.258 e. The Morgan fingerprint density at radius 3 is 2.68 bits per heavy atom. The molecule has 1 fully saturated rings. The topological polar surface area (TPSA) is 64.9 Å². The van der Waals surface area contributed by atoms with Crippen LogP contribution in [0.15, 0.2) is 27.2 Å². The first-order valence-corrected chi connectivity index (χ1v) is 6.96. The molecule has 0 unspecified atom stereocenters. The monoisotopic (exact) mass is 325 g/mol. The van der Waals surface area contributed by atoms with E-state index in [-0.39, 0.29) is 5.82 Å². The molecule has 100 valence electrons. The normalized spacial score (nSPS) is 17.8. The van der Waals surface area contributed by atoms with Crippen molar-refractivity contribution in [1.29, 1.82) is 0 Å². The molecule has 0 bridgehead atoms. The summed E-state index contributed by atoms with van der Waals surface area (Å²) in [6.45, 7) is 0. The molecular weight excluding hydrogens is 313 g/mol. The molecule has 1 aliphatic rings. The molecule has 0 atom stereocenters. The first kappa shape index (κ1) is 12.7. The maximum absolute atomic E-state index is 13.4. The van der Waals surface area contributed by atoms with Gasteiger partial charge in [0.1, 0.15) is 5.82 Å². The zero-order valence-electron chi connectivity index (χ0n) is 10.2. The third-order valence-electron chi connectivity index (χ3n) is 3.48. The second-order valence-electron chi connectivity index (χ2n) is 4.94. The van der Waals surface area contributed by atoms with Gasteiger partial charge in [-0.25, -0.2) is 4.39 Å². The minimum Gasteiger partial charge on any atom is -0.334 e. The van der Waals surface area contributed by atoms with Crippen molar-refractivity contribution in [1.82, 2.24) is 10.1 Å². The van der Waals surface area contributed by atoms with Crippen LogP contribution in [0.2, 0.25) is 0 Å². The molecule has 19 heavy (non-hydrogen) atoms. The van der Waals surface area contributed by atoms with Crippen LogP contribution in [-0.4, -0.2) is 10.1 Å². The number of aromatic nitrogens is 2. The van der Waals surface area contributed by atoms with Crippen LogP contribution < -0.4 is 5.73 Å². The van der Waals surface area contributed by atoms with E-state index in [9.17, 15) is 4.39 Å². The summed E-state index contributed by atoms with van der Waals surface area (Å²) >= 11 is 3.24. The molecular formula is C13H13BrFN3O. The molecule has 4 nitrogen and oxygen atoms in total. The standard InChI is InChI=1S/C13H13BrFN3O/c14-9-5-8(6-10(15)7-9)11-17-12(18-19-11)13(16)3-1-2-4-13/h5-7H,1-4,16H2. The van der Waals surface area contributed by atoms with Gasteiger partial charge in [0.05, 0.1) is 5.54 Å². The van der Waals surface area contributed by atoms with Crippen molar-refractivity contribution in [3.8, 4) is 11.5 Å². The second kappa shape index (κ2) is 4.68. The summed E-state index contributed by atoms with van der Waals surface area (Å²) < 4.78 is 19.2. The summed E-state index contributed by atoms with van der Waals surface area (Å²) in [6, 6.07) is 4.47. The van der Waals surface area contributed by atoms with Crippen LogP contribution in [0.25, 0.3) is 11.5 Å². The Labute approximate surface area is 118 Å². The minimum atomic E-state index is -0.494. The number of benzene rings is 1. The van der Waals surface area contributed by atoms with Gasteiger partial charge in [-0.1, -0.05) is 33.9 Å². The molecule has 1 aliphatic carbocycles. The summed E-state index contributed by atoms with van der Waals surface area (Å²) in [6.07, 6.45) is 3.87. The first-order valence-electron chi connectivity index (χ1n) is 6.16. The number of rotatable bonds is 2. The fraction of sp³-hybridized carbons (Fsp3) is 0.385. The van der Waals surface area contributed by atoms with Gasteiger partial charge in [0.15, 0.2) is 5.82 Å². The lowest BCUT2D eigenvalue weighted by Crippen LogP contribution is -2.34. The number of halogens is 2. The lowest BCUT2D eigenvalue weighted by molar-refractivity contribution is 0.372. The van der Waals surface area contributed by atoms with E-state index in [1.54, 1.807) is 6.07 Å². The van der Waals surface area contributed by atoms with Gasteiger partial charge in [-0.2, -0.15) is 4.98 Å². The largest absolute Gasteiger partial charge is 0.334 e. The molecule has 1 saturated carbocycles. The Kier molecular flexibility index (Phi) is 3.14. The van der Waals surface area contributed by atoms with Crippen molar-refractivity contribution >= 4 is 15.9 Å². The second-order valence-corrected chi connectivity index (χ2v) is 5.86. The molecule has 1 aromatic heterocycles. The van der Waals surface area contributed by atoms with Crippen LogP contribution in [0, 0.1) is 5.82 Å². The van der Waals surface area contributed by atoms with Gasteiger partial charge in [-0.05, 0) is 31.0 Å². The first-order chi connectivity index (χ1) is 9.07. The van der Waals surface area contributed by atoms with E-state index in [2.05, 4.69) is 26.1 Å². The lowest BCUT2D eigenvalue weighted by Gasteiger charge is -2.17. The molecule has 0 saturated heterocycles. The van der Waals surface area contributed by atoms with Gasteiger partial charge >= 0.3 is 0 Å². The SMILES string of the molecule is NC1(c2noc(-c3cc(F)cc(Br)c3)n2)CCCC1. The molecule has 1 aromatic carbocycles. The highest BCUT2D eigenvalue weighted by Crippen LogP contribution is 2.35. The molecule has 2 N–H and O–H groups in total. The number of hydrogen-bond donors (Lipinski definition) is 1. The molecule has 0 radical (unpaired) electrons. The van der Waals surface area contributed by atoms with Crippen LogP contribution in [0.4, 0.5) is 4.39 Å². The average Bonchev–Trinajstić information content (AvgIpc) is 2.96. The molecule has 0 spiro atoms. The molecule has 0 amide bonds. The Morgan fingerprint density at radius 1 is 1.26 bits per heavy atom. The van der Waals surface area contributed by atoms with Crippen molar-refractivity contribution in [2.24, 2.45) is 5.73 Å². The number of hydrogen-bond acceptors (Lipinski definition) is 4. The molecule has 0 aliphatic heterocycles. The van der Waals surface area contributed by atoms with Crippen molar-refractivity contribution in [2.75, 3.05) is 0 Å². The summed E-state index contributed by atoms with van der Waals surface area (Å²) in [5.41, 5.74) is 6.32. The van der Waals surface area contributed by atoms with E-state index < -0.39 is 5.54 Å². The molecule has 3 rings (SSSR count). The van der Waals surface area contributed by atoms with E-state index in [4.69, 9.17) is 10.3 Å². The molecule has 1 heterocycles. The van der Waals surface area contributed by atoms with Crippen LogP contribution in [0.5, 0.6) is 0 Å². The van der Waals surface area contributed by atoms with Crippen LogP contribution in [0.1, 0.15) is 31.5 Å². The predicted octanol–water partition coefficient (Wildman–Crippen LogP) is 3.37. The smallest absolute Gasteiger partial charge is 0.258 e. The summed E-state index contributed by atoms with van der Waals surface area (Å²) in [5, 5.41) is 3.96. The van der Waals surface area contributed by atoms with Gasteiger partial charge in [-0.15, -0.1) is 0 Å². The Balaban J connectivity index is 1.96. The lowest BCUT2D eigenvalue weighted by atomic mass is 9.99. The van der Waals surface area contributed by atoms with Crippen molar-refractivity contribution in [3.05, 3.63) is 34.3 Å². The Morgan fingerprint density at radius 2 is 2.00 bits per heavy atom. The van der Waals surface area contributed by atoms with Crippen molar-refractivity contribution in [3.63, 3.8) is 0 Å². The van der Waals surface area contributed by atoms with E-state index in [1.165, 1.54) is 12.1 Å². The van der Waals surface area contributed by atoms with Crippen molar-refractivity contribution in [2.45, 2.75) is 31.2 Å². The average molecular weight is 326 g/mol. The zero-order chi connectivity index (χ0) is 13.5. The predicted molar refractivity (Wildman–Crippen MR) is 71.7 cm³/mol. The minimum absolute atomic E-state index is 0.298. The van der Waals surface area contributed by atoms with Gasteiger partial charge < -0.3 is 10.3 Å². The highest BCUT2D eigenvalue weighted by Gasteiger charge is 2.36. The van der Waals surface area contributed by atoms with E-state index >= 15 is 0 Å². The van der Waals surface area contributed by atoms with Crippen LogP contribution in [0.3, 0.4) is 0 Å². The maximum atomic E-state index is 13.4. The van der Waals surface area contributed by atoms with E-state index in [0.29, 0.717) is 21.8 Å².